The fourth-order valence-corrected chi connectivity index (χ4v) is 2.70. The molecule has 0 aliphatic rings. The van der Waals surface area contributed by atoms with Gasteiger partial charge in [0.25, 0.3) is 5.89 Å². The molecular weight excluding hydrogens is 406 g/mol. The van der Waals surface area contributed by atoms with Gasteiger partial charge < -0.3 is 14.6 Å². The Labute approximate surface area is 169 Å². The van der Waals surface area contributed by atoms with E-state index in [2.05, 4.69) is 45.2 Å². The summed E-state index contributed by atoms with van der Waals surface area (Å²) >= 11 is 3.52. The summed E-state index contributed by atoms with van der Waals surface area (Å²) in [6.07, 6.45) is 1.37. The van der Waals surface area contributed by atoms with Crippen LogP contribution >= 0.6 is 15.9 Å². The van der Waals surface area contributed by atoms with Crippen LogP contribution in [0.5, 0.6) is 5.75 Å². The lowest BCUT2D eigenvalue weighted by molar-refractivity contribution is 0.241. The van der Waals surface area contributed by atoms with Crippen LogP contribution < -0.4 is 10.1 Å². The fourth-order valence-electron chi connectivity index (χ4n) is 2.23. The van der Waals surface area contributed by atoms with E-state index in [1.807, 2.05) is 63.4 Å². The van der Waals surface area contributed by atoms with E-state index in [-0.39, 0.29) is 6.10 Å². The van der Waals surface area contributed by atoms with Crippen molar-refractivity contribution in [1.82, 2.24) is 10.1 Å². The highest BCUT2D eigenvalue weighted by Crippen LogP contribution is 2.31. The lowest BCUT2D eigenvalue weighted by Gasteiger charge is -2.11. The largest absolute Gasteiger partial charge is 0.490 e. The summed E-state index contributed by atoms with van der Waals surface area (Å²) in [4.78, 5) is 4.48. The number of aromatic nitrogens is 2. The van der Waals surface area contributed by atoms with Crippen molar-refractivity contribution in [3.8, 4) is 28.6 Å². The molecule has 27 heavy (non-hydrogen) atoms. The second kappa shape index (κ2) is 10.1. The maximum atomic E-state index is 5.72. The number of rotatable bonds is 5. The Morgan fingerprint density at radius 2 is 1.70 bits per heavy atom. The Balaban J connectivity index is 0.000000817. The summed E-state index contributed by atoms with van der Waals surface area (Å²) in [5.74, 6) is 1.82. The third kappa shape index (κ3) is 5.82. The topological polar surface area (TPSA) is 60.2 Å². The standard InChI is InChI=1S/C18H18BrN3O2.C3H8/c1-11(2)23-16-9-6-13(10-15(16)19)17-21-18(24-22-17)12-4-7-14(20-3)8-5-12;1-3-2/h4-11,20H,1-3H3;3H2,1-2H3. The Morgan fingerprint density at radius 1 is 1.07 bits per heavy atom. The summed E-state index contributed by atoms with van der Waals surface area (Å²) in [7, 11) is 1.88. The highest BCUT2D eigenvalue weighted by Gasteiger charge is 2.13. The Hall–Kier alpha value is -2.34. The smallest absolute Gasteiger partial charge is 0.258 e. The van der Waals surface area contributed by atoms with E-state index < -0.39 is 0 Å². The molecule has 0 amide bonds. The van der Waals surface area contributed by atoms with Crippen LogP contribution in [-0.4, -0.2) is 23.3 Å². The molecule has 0 aliphatic heterocycles. The average molecular weight is 432 g/mol. The van der Waals surface area contributed by atoms with Gasteiger partial charge in [-0.25, -0.2) is 0 Å². The van der Waals surface area contributed by atoms with Crippen molar-refractivity contribution >= 4 is 21.6 Å². The molecule has 0 radical (unpaired) electrons. The molecule has 0 saturated heterocycles. The number of ether oxygens (including phenoxy) is 1. The predicted molar refractivity (Wildman–Crippen MR) is 114 cm³/mol. The van der Waals surface area contributed by atoms with Gasteiger partial charge in [0, 0.05) is 23.9 Å². The second-order valence-corrected chi connectivity index (χ2v) is 7.12. The van der Waals surface area contributed by atoms with Crippen molar-refractivity contribution in [3.05, 3.63) is 46.9 Å². The zero-order valence-corrected chi connectivity index (χ0v) is 18.0. The van der Waals surface area contributed by atoms with Gasteiger partial charge in [-0.3, -0.25) is 0 Å². The third-order valence-corrected chi connectivity index (χ3v) is 4.02. The van der Waals surface area contributed by atoms with Crippen LogP contribution in [0, 0.1) is 0 Å². The first kappa shape index (κ1) is 21.0. The first-order valence-electron chi connectivity index (χ1n) is 9.06. The summed E-state index contributed by atoms with van der Waals surface area (Å²) in [6.45, 7) is 8.23. The van der Waals surface area contributed by atoms with Gasteiger partial charge in [-0.2, -0.15) is 4.98 Å². The molecule has 1 aromatic heterocycles. The van der Waals surface area contributed by atoms with E-state index in [0.29, 0.717) is 11.7 Å². The van der Waals surface area contributed by atoms with Crippen LogP contribution in [0.25, 0.3) is 22.8 Å². The minimum Gasteiger partial charge on any atom is -0.490 e. The van der Waals surface area contributed by atoms with Crippen LogP contribution in [0.3, 0.4) is 0 Å². The fraction of sp³-hybridized carbons (Fsp3) is 0.333. The molecule has 0 fully saturated rings. The number of halogens is 1. The van der Waals surface area contributed by atoms with Crippen LogP contribution in [0.15, 0.2) is 51.5 Å². The first-order valence-corrected chi connectivity index (χ1v) is 9.86. The maximum Gasteiger partial charge on any atom is 0.258 e. The third-order valence-electron chi connectivity index (χ3n) is 3.40. The number of hydrogen-bond donors (Lipinski definition) is 1. The van der Waals surface area contributed by atoms with Gasteiger partial charge in [-0.15, -0.1) is 0 Å². The zero-order chi connectivity index (χ0) is 19.8. The van der Waals surface area contributed by atoms with Crippen LogP contribution in [0.1, 0.15) is 34.1 Å². The number of hydrogen-bond acceptors (Lipinski definition) is 5. The van der Waals surface area contributed by atoms with Gasteiger partial charge in [-0.05, 0) is 72.2 Å². The highest BCUT2D eigenvalue weighted by atomic mass is 79.9. The molecule has 3 rings (SSSR count). The number of nitrogens with zero attached hydrogens (tertiary/aromatic N) is 2. The van der Waals surface area contributed by atoms with Crippen molar-refractivity contribution in [3.63, 3.8) is 0 Å². The normalized spacial score (nSPS) is 10.3. The van der Waals surface area contributed by atoms with E-state index >= 15 is 0 Å². The van der Waals surface area contributed by atoms with Crippen molar-refractivity contribution in [2.24, 2.45) is 0 Å². The lowest BCUT2D eigenvalue weighted by Crippen LogP contribution is -2.05. The molecule has 0 atom stereocenters. The second-order valence-electron chi connectivity index (χ2n) is 6.27. The van der Waals surface area contributed by atoms with Crippen molar-refractivity contribution in [2.75, 3.05) is 12.4 Å². The quantitative estimate of drug-likeness (QED) is 0.505. The monoisotopic (exact) mass is 431 g/mol. The van der Waals surface area contributed by atoms with Crippen molar-refractivity contribution in [1.29, 1.82) is 0 Å². The minimum absolute atomic E-state index is 0.115. The molecule has 0 saturated carbocycles. The minimum atomic E-state index is 0.115. The number of nitrogens with one attached hydrogen (secondary N) is 1. The summed E-state index contributed by atoms with van der Waals surface area (Å²) in [5, 5.41) is 7.15. The van der Waals surface area contributed by atoms with E-state index in [0.717, 1.165) is 27.0 Å². The molecule has 144 valence electrons. The molecule has 1 N–H and O–H groups in total. The molecule has 5 nitrogen and oxygen atoms in total. The molecule has 0 spiro atoms. The molecular formula is C21H26BrN3O2. The molecule has 3 aromatic rings. The Bertz CT molecular complexity index is 845. The SMILES string of the molecule is CCC.CNc1ccc(-c2nc(-c3ccc(OC(C)C)c(Br)c3)no2)cc1. The van der Waals surface area contributed by atoms with Gasteiger partial charge in [0.15, 0.2) is 0 Å². The van der Waals surface area contributed by atoms with Crippen LogP contribution in [0.4, 0.5) is 5.69 Å². The highest BCUT2D eigenvalue weighted by molar-refractivity contribution is 9.10. The lowest BCUT2D eigenvalue weighted by atomic mass is 10.2. The van der Waals surface area contributed by atoms with E-state index in [4.69, 9.17) is 9.26 Å². The molecule has 6 heteroatoms. The van der Waals surface area contributed by atoms with E-state index in [1.165, 1.54) is 6.42 Å². The van der Waals surface area contributed by atoms with E-state index in [1.54, 1.807) is 0 Å². The predicted octanol–water partition coefficient (Wildman–Crippen LogP) is 6.41. The zero-order valence-electron chi connectivity index (χ0n) is 16.4. The van der Waals surface area contributed by atoms with Gasteiger partial charge in [0.1, 0.15) is 5.75 Å². The molecule has 2 aromatic carbocycles. The molecule has 0 aliphatic carbocycles. The number of benzene rings is 2. The van der Waals surface area contributed by atoms with Gasteiger partial charge >= 0.3 is 0 Å². The van der Waals surface area contributed by atoms with Crippen molar-refractivity contribution in [2.45, 2.75) is 40.2 Å². The Morgan fingerprint density at radius 3 is 2.26 bits per heavy atom. The van der Waals surface area contributed by atoms with Crippen LogP contribution in [0.2, 0.25) is 0 Å². The maximum absolute atomic E-state index is 5.72. The molecule has 1 heterocycles. The summed E-state index contributed by atoms with van der Waals surface area (Å²) in [6, 6.07) is 13.6. The number of anilines is 1. The Kier molecular flexibility index (Phi) is 7.85. The molecule has 0 bridgehead atoms. The van der Waals surface area contributed by atoms with Crippen LogP contribution in [-0.2, 0) is 0 Å². The summed E-state index contributed by atoms with van der Waals surface area (Å²) in [5.41, 5.74) is 2.77. The summed E-state index contributed by atoms with van der Waals surface area (Å²) < 4.78 is 12.0. The van der Waals surface area contributed by atoms with Crippen molar-refractivity contribution < 1.29 is 9.26 Å². The van der Waals surface area contributed by atoms with E-state index in [9.17, 15) is 0 Å². The van der Waals surface area contributed by atoms with Gasteiger partial charge in [-0.1, -0.05) is 25.4 Å². The van der Waals surface area contributed by atoms with Gasteiger partial charge in [0.05, 0.1) is 10.6 Å². The van der Waals surface area contributed by atoms with Gasteiger partial charge in [0.2, 0.25) is 5.82 Å². The average Bonchev–Trinajstić information content (AvgIpc) is 3.14. The first-order chi connectivity index (χ1) is 13.0. The molecule has 0 unspecified atom stereocenters.